The molecule has 0 unspecified atom stereocenters. The Morgan fingerprint density at radius 3 is 2.66 bits per heavy atom. The van der Waals surface area contributed by atoms with Crippen molar-refractivity contribution >= 4 is 16.9 Å². The third kappa shape index (κ3) is 3.36. The molecule has 1 aliphatic heterocycles. The van der Waals surface area contributed by atoms with Crippen molar-refractivity contribution in [2.24, 2.45) is 0 Å². The summed E-state index contributed by atoms with van der Waals surface area (Å²) in [6, 6.07) is 5.89. The normalized spacial score (nSPS) is 17.4. The fraction of sp³-hybridized carbons (Fsp3) is 0.333. The lowest BCUT2D eigenvalue weighted by Gasteiger charge is -2.39. The Morgan fingerprint density at radius 2 is 1.88 bits per heavy atom. The van der Waals surface area contributed by atoms with Crippen LogP contribution in [0.15, 0.2) is 48.0 Å². The highest BCUT2D eigenvalue weighted by atomic mass is 16.1. The second-order valence-electron chi connectivity index (χ2n) is 8.61. The van der Waals surface area contributed by atoms with Gasteiger partial charge >= 0.3 is 0 Å². The van der Waals surface area contributed by atoms with Crippen LogP contribution in [0.1, 0.15) is 17.0 Å². The van der Waals surface area contributed by atoms with Gasteiger partial charge in [0.15, 0.2) is 0 Å². The van der Waals surface area contributed by atoms with Crippen LogP contribution < -0.4 is 10.5 Å². The number of likely N-dealkylation sites (N-methyl/N-ethyl adjacent to an activating group) is 1. The Labute approximate surface area is 186 Å². The summed E-state index contributed by atoms with van der Waals surface area (Å²) in [4.78, 5) is 27.0. The number of piperazine rings is 1. The van der Waals surface area contributed by atoms with Crippen LogP contribution in [-0.2, 0) is 0 Å². The molecule has 1 saturated heterocycles. The highest BCUT2D eigenvalue weighted by Crippen LogP contribution is 2.24. The maximum atomic E-state index is 13.1. The van der Waals surface area contributed by atoms with Gasteiger partial charge in [0.1, 0.15) is 11.3 Å². The number of nitrogens with zero attached hydrogens (tertiary/aromatic N) is 7. The minimum absolute atomic E-state index is 0.118. The van der Waals surface area contributed by atoms with Gasteiger partial charge in [-0.15, -0.1) is 6.58 Å². The Hall–Kier alpha value is -3.52. The summed E-state index contributed by atoms with van der Waals surface area (Å²) >= 11 is 0. The molecule has 164 valence electrons. The van der Waals surface area contributed by atoms with E-state index >= 15 is 0 Å². The lowest BCUT2D eigenvalue weighted by atomic mass is 10.1. The molecule has 5 rings (SSSR count). The predicted molar refractivity (Wildman–Crippen MR) is 126 cm³/mol. The van der Waals surface area contributed by atoms with Crippen LogP contribution in [0.25, 0.3) is 22.6 Å². The largest absolute Gasteiger partial charge is 0.367 e. The number of hydrogen-bond donors (Lipinski definition) is 0. The summed E-state index contributed by atoms with van der Waals surface area (Å²) in [5, 5.41) is 4.64. The molecule has 1 fully saturated rings. The zero-order valence-corrected chi connectivity index (χ0v) is 18.9. The first kappa shape index (κ1) is 20.4. The van der Waals surface area contributed by atoms with Crippen LogP contribution in [-0.4, -0.2) is 61.6 Å². The lowest BCUT2D eigenvalue weighted by molar-refractivity contribution is 0.257. The average Bonchev–Trinajstić information content (AvgIpc) is 3.19. The number of fused-ring (bicyclic) bond motifs is 2. The zero-order valence-electron chi connectivity index (χ0n) is 18.9. The highest BCUT2D eigenvalue weighted by molar-refractivity contribution is 5.67. The molecule has 0 spiro atoms. The van der Waals surface area contributed by atoms with E-state index in [-0.39, 0.29) is 11.6 Å². The maximum Gasteiger partial charge on any atom is 0.258 e. The van der Waals surface area contributed by atoms with Crippen LogP contribution in [0.4, 0.5) is 5.69 Å². The maximum absolute atomic E-state index is 13.1. The smallest absolute Gasteiger partial charge is 0.258 e. The van der Waals surface area contributed by atoms with Gasteiger partial charge in [-0.25, -0.2) is 9.50 Å². The molecule has 0 N–H and O–H groups in total. The Balaban J connectivity index is 1.58. The number of aryl methyl sites for hydroxylation is 3. The third-order valence-corrected chi connectivity index (χ3v) is 6.29. The summed E-state index contributed by atoms with van der Waals surface area (Å²) in [6.45, 7) is 12.5. The lowest BCUT2D eigenvalue weighted by Crippen LogP contribution is -2.50. The van der Waals surface area contributed by atoms with Crippen LogP contribution in [0.3, 0.4) is 0 Å². The van der Waals surface area contributed by atoms with Crippen molar-refractivity contribution in [3.63, 3.8) is 0 Å². The molecule has 0 radical (unpaired) electrons. The van der Waals surface area contributed by atoms with Gasteiger partial charge in [-0.05, 0) is 45.5 Å². The molecule has 8 heteroatoms. The van der Waals surface area contributed by atoms with Crippen molar-refractivity contribution in [1.82, 2.24) is 28.9 Å². The highest BCUT2D eigenvalue weighted by Gasteiger charge is 2.23. The Bertz CT molecular complexity index is 1420. The topological polar surface area (TPSA) is 71.0 Å². The molecule has 4 aromatic heterocycles. The SMILES string of the molecule is C=C[C@@H]1CN(c2cc(C)c3nc(-c4cc5c(C)nc(C)cn5n4)cc(=O)n3c2)CCN1C. The molecule has 1 atom stereocenters. The molecule has 0 aromatic carbocycles. The van der Waals surface area contributed by atoms with Gasteiger partial charge in [0.25, 0.3) is 5.56 Å². The molecule has 0 amide bonds. The molecule has 5 heterocycles. The van der Waals surface area contributed by atoms with Gasteiger partial charge in [-0.1, -0.05) is 6.08 Å². The first-order chi connectivity index (χ1) is 15.3. The molecule has 32 heavy (non-hydrogen) atoms. The quantitative estimate of drug-likeness (QED) is 0.466. The van der Waals surface area contributed by atoms with Crippen molar-refractivity contribution in [3.05, 3.63) is 70.6 Å². The monoisotopic (exact) mass is 429 g/mol. The number of aromatic nitrogens is 5. The zero-order chi connectivity index (χ0) is 22.6. The Morgan fingerprint density at radius 1 is 1.06 bits per heavy atom. The van der Waals surface area contributed by atoms with E-state index in [4.69, 9.17) is 4.98 Å². The second-order valence-corrected chi connectivity index (χ2v) is 8.61. The van der Waals surface area contributed by atoms with E-state index < -0.39 is 0 Å². The van der Waals surface area contributed by atoms with E-state index in [1.165, 1.54) is 0 Å². The molecular formula is C24H27N7O. The first-order valence-corrected chi connectivity index (χ1v) is 10.8. The van der Waals surface area contributed by atoms with E-state index in [2.05, 4.69) is 39.6 Å². The van der Waals surface area contributed by atoms with Gasteiger partial charge in [-0.3, -0.25) is 19.1 Å². The fourth-order valence-corrected chi connectivity index (χ4v) is 4.46. The molecule has 8 nitrogen and oxygen atoms in total. The second kappa shape index (κ2) is 7.56. The molecule has 0 bridgehead atoms. The van der Waals surface area contributed by atoms with Crippen LogP contribution >= 0.6 is 0 Å². The summed E-state index contributed by atoms with van der Waals surface area (Å²) in [5.74, 6) is 0. The fourth-order valence-electron chi connectivity index (χ4n) is 4.46. The first-order valence-electron chi connectivity index (χ1n) is 10.8. The van der Waals surface area contributed by atoms with E-state index in [1.807, 2.05) is 45.3 Å². The van der Waals surface area contributed by atoms with Crippen LogP contribution in [0, 0.1) is 20.8 Å². The number of hydrogen-bond acceptors (Lipinski definition) is 6. The molecule has 1 aliphatic rings. The number of rotatable bonds is 3. The standard InChI is InChI=1S/C24H27N7O/c1-6-18-13-29(8-7-28(18)5)19-9-15(2)24-26-20(11-23(32)30(24)14-19)21-10-22-17(4)25-16(3)12-31(22)27-21/h6,9-12,14,18H,1,7-8,13H2,2-5H3/t18-/m1/s1. The molecular weight excluding hydrogens is 402 g/mol. The summed E-state index contributed by atoms with van der Waals surface area (Å²) in [5.41, 5.74) is 6.43. The van der Waals surface area contributed by atoms with Gasteiger partial charge in [0.05, 0.1) is 34.5 Å². The third-order valence-electron chi connectivity index (χ3n) is 6.29. The summed E-state index contributed by atoms with van der Waals surface area (Å²) < 4.78 is 3.44. The number of pyridine rings is 1. The van der Waals surface area contributed by atoms with E-state index in [0.29, 0.717) is 17.0 Å². The van der Waals surface area contributed by atoms with Gasteiger partial charge in [-0.2, -0.15) is 5.10 Å². The van der Waals surface area contributed by atoms with Crippen molar-refractivity contribution in [2.45, 2.75) is 26.8 Å². The van der Waals surface area contributed by atoms with E-state index in [0.717, 1.165) is 47.8 Å². The van der Waals surface area contributed by atoms with Crippen molar-refractivity contribution in [1.29, 1.82) is 0 Å². The Kier molecular flexibility index (Phi) is 4.82. The molecule has 0 aliphatic carbocycles. The summed E-state index contributed by atoms with van der Waals surface area (Å²) in [7, 11) is 2.11. The van der Waals surface area contributed by atoms with E-state index in [1.54, 1.807) is 15.0 Å². The van der Waals surface area contributed by atoms with Gasteiger partial charge < -0.3 is 4.90 Å². The van der Waals surface area contributed by atoms with E-state index in [9.17, 15) is 4.79 Å². The minimum atomic E-state index is -0.118. The van der Waals surface area contributed by atoms with Crippen molar-refractivity contribution < 1.29 is 0 Å². The van der Waals surface area contributed by atoms with Crippen molar-refractivity contribution in [3.8, 4) is 11.4 Å². The number of anilines is 1. The minimum Gasteiger partial charge on any atom is -0.367 e. The average molecular weight is 430 g/mol. The predicted octanol–water partition coefficient (Wildman–Crippen LogP) is 2.64. The van der Waals surface area contributed by atoms with Gasteiger partial charge in [0, 0.05) is 37.9 Å². The van der Waals surface area contributed by atoms with Crippen molar-refractivity contribution in [2.75, 3.05) is 31.6 Å². The molecule has 4 aromatic rings. The molecule has 0 saturated carbocycles. The van der Waals surface area contributed by atoms with Crippen LogP contribution in [0.5, 0.6) is 0 Å². The van der Waals surface area contributed by atoms with Gasteiger partial charge in [0.2, 0.25) is 0 Å². The van der Waals surface area contributed by atoms with Crippen LogP contribution in [0.2, 0.25) is 0 Å². The summed E-state index contributed by atoms with van der Waals surface area (Å²) in [6.07, 6.45) is 5.76.